The first-order chi connectivity index (χ1) is 20.9. The van der Waals surface area contributed by atoms with E-state index in [4.69, 9.17) is 16.3 Å². The van der Waals surface area contributed by atoms with Crippen LogP contribution in [0.4, 0.5) is 15.9 Å². The van der Waals surface area contributed by atoms with E-state index in [0.717, 1.165) is 31.8 Å². The molecule has 0 spiro atoms. The number of carbonyl (C=O) groups is 1. The van der Waals surface area contributed by atoms with Crippen LogP contribution in [0.5, 0.6) is 0 Å². The fraction of sp³-hybridized carbons (Fsp3) is 0.182. The number of benzene rings is 3. The molecule has 2 heterocycles. The lowest BCUT2D eigenvalue weighted by molar-refractivity contribution is -0.111. The Labute approximate surface area is 259 Å². The third kappa shape index (κ3) is 8.03. The number of halogens is 2. The molecule has 2 N–H and O–H groups in total. The summed E-state index contributed by atoms with van der Waals surface area (Å²) in [6, 6.07) is 23.6. The molecule has 2 aromatic heterocycles. The van der Waals surface area contributed by atoms with E-state index in [1.807, 2.05) is 85.7 Å². The Bertz CT molecular complexity index is 1710. The van der Waals surface area contributed by atoms with Crippen LogP contribution in [0.25, 0.3) is 20.7 Å². The SMILES string of the molecule is CN(C)C/C=C/C(=O)Nc1ccc(-c2sc3ncnc(N[C@H](COCc4cccc(F)c4)c4ccccc4)c3c2Cl)cc1. The molecular formula is C33H31ClFN5O2S. The molecule has 43 heavy (non-hydrogen) atoms. The van der Waals surface area contributed by atoms with E-state index in [9.17, 15) is 9.18 Å². The number of nitrogens with one attached hydrogen (secondary N) is 2. The molecule has 0 saturated heterocycles. The predicted octanol–water partition coefficient (Wildman–Crippen LogP) is 7.58. The Hall–Kier alpha value is -4.15. The van der Waals surface area contributed by atoms with Crippen LogP contribution in [0, 0.1) is 5.82 Å². The van der Waals surface area contributed by atoms with Gasteiger partial charge in [-0.15, -0.1) is 11.3 Å². The summed E-state index contributed by atoms with van der Waals surface area (Å²) < 4.78 is 19.6. The second-order valence-electron chi connectivity index (χ2n) is 10.1. The number of anilines is 2. The summed E-state index contributed by atoms with van der Waals surface area (Å²) in [5.41, 5.74) is 3.35. The van der Waals surface area contributed by atoms with E-state index in [-0.39, 0.29) is 24.4 Å². The fourth-order valence-electron chi connectivity index (χ4n) is 4.45. The zero-order valence-electron chi connectivity index (χ0n) is 23.8. The number of nitrogens with zero attached hydrogens (tertiary/aromatic N) is 3. The van der Waals surface area contributed by atoms with Gasteiger partial charge in [0.2, 0.25) is 5.91 Å². The summed E-state index contributed by atoms with van der Waals surface area (Å²) >= 11 is 8.44. The Morgan fingerprint density at radius 2 is 1.86 bits per heavy atom. The molecule has 7 nitrogen and oxygen atoms in total. The summed E-state index contributed by atoms with van der Waals surface area (Å²) in [7, 11) is 3.89. The highest BCUT2D eigenvalue weighted by molar-refractivity contribution is 7.22. The molecule has 220 valence electrons. The van der Waals surface area contributed by atoms with E-state index in [1.54, 1.807) is 6.07 Å². The molecule has 0 fully saturated rings. The van der Waals surface area contributed by atoms with Gasteiger partial charge in [-0.25, -0.2) is 14.4 Å². The number of thiophene rings is 1. The molecule has 3 aromatic carbocycles. The average Bonchev–Trinajstić information content (AvgIpc) is 3.34. The third-order valence-corrected chi connectivity index (χ3v) is 8.18. The van der Waals surface area contributed by atoms with E-state index in [1.165, 1.54) is 35.9 Å². The summed E-state index contributed by atoms with van der Waals surface area (Å²) in [4.78, 5) is 24.8. The van der Waals surface area contributed by atoms with Gasteiger partial charge in [0.25, 0.3) is 0 Å². The zero-order chi connectivity index (χ0) is 30.2. The van der Waals surface area contributed by atoms with Crippen LogP contribution >= 0.6 is 22.9 Å². The van der Waals surface area contributed by atoms with Crippen molar-refractivity contribution in [3.8, 4) is 10.4 Å². The lowest BCUT2D eigenvalue weighted by Crippen LogP contribution is -2.18. The van der Waals surface area contributed by atoms with Gasteiger partial charge >= 0.3 is 0 Å². The smallest absolute Gasteiger partial charge is 0.248 e. The van der Waals surface area contributed by atoms with Gasteiger partial charge in [0.05, 0.1) is 34.5 Å². The number of rotatable bonds is 12. The standard InChI is InChI=1S/C33H31ClFN5O2S/c1-40(2)17-7-12-28(41)38-26-15-13-24(14-16-26)31-30(34)29-32(36-21-37-33(29)43-31)39-27(23-9-4-3-5-10-23)20-42-19-22-8-6-11-25(35)18-22/h3-16,18,21,27H,17,19-20H2,1-2H3,(H,38,41)(H,36,37,39)/b12-7+/t27-/m1/s1. The van der Waals surface area contributed by atoms with Gasteiger partial charge < -0.3 is 20.3 Å². The Morgan fingerprint density at radius 1 is 1.07 bits per heavy atom. The number of fused-ring (bicyclic) bond motifs is 1. The fourth-order valence-corrected chi connectivity index (χ4v) is 5.95. The maximum absolute atomic E-state index is 13.6. The first-order valence-corrected chi connectivity index (χ1v) is 14.9. The van der Waals surface area contributed by atoms with Crippen LogP contribution in [0.2, 0.25) is 5.02 Å². The van der Waals surface area contributed by atoms with Crippen LogP contribution in [0.3, 0.4) is 0 Å². The lowest BCUT2D eigenvalue weighted by atomic mass is 10.1. The largest absolute Gasteiger partial charge is 0.374 e. The highest BCUT2D eigenvalue weighted by atomic mass is 35.5. The molecule has 0 aliphatic rings. The van der Waals surface area contributed by atoms with Gasteiger partial charge in [0, 0.05) is 18.3 Å². The van der Waals surface area contributed by atoms with Gasteiger partial charge in [0.15, 0.2) is 0 Å². The number of likely N-dealkylation sites (N-methyl/N-ethyl adjacent to an activating group) is 1. The van der Waals surface area contributed by atoms with Crippen molar-refractivity contribution in [2.24, 2.45) is 0 Å². The second-order valence-corrected chi connectivity index (χ2v) is 11.5. The number of hydrogen-bond donors (Lipinski definition) is 2. The van der Waals surface area contributed by atoms with Gasteiger partial charge in [-0.3, -0.25) is 4.79 Å². The number of carbonyl (C=O) groups excluding carboxylic acids is 1. The van der Waals surface area contributed by atoms with Crippen LogP contribution in [0.15, 0.2) is 97.3 Å². The molecular weight excluding hydrogens is 585 g/mol. The van der Waals surface area contributed by atoms with Gasteiger partial charge in [-0.05, 0) is 55.1 Å². The minimum absolute atomic E-state index is 0.187. The number of amides is 1. The first kappa shape index (κ1) is 30.3. The lowest BCUT2D eigenvalue weighted by Gasteiger charge is -2.20. The van der Waals surface area contributed by atoms with Gasteiger partial charge in [-0.2, -0.15) is 0 Å². The molecule has 10 heteroatoms. The summed E-state index contributed by atoms with van der Waals surface area (Å²) in [6.07, 6.45) is 4.85. The molecule has 0 aliphatic heterocycles. The van der Waals surface area contributed by atoms with Crippen molar-refractivity contribution in [3.05, 3.63) is 119 Å². The number of hydrogen-bond acceptors (Lipinski definition) is 7. The highest BCUT2D eigenvalue weighted by Crippen LogP contribution is 2.44. The van der Waals surface area contributed by atoms with Crippen molar-refractivity contribution in [2.45, 2.75) is 12.6 Å². The molecule has 0 saturated carbocycles. The van der Waals surface area contributed by atoms with E-state index in [2.05, 4.69) is 20.6 Å². The molecule has 0 bridgehead atoms. The van der Waals surface area contributed by atoms with Gasteiger partial charge in [-0.1, -0.05) is 72.3 Å². The summed E-state index contributed by atoms with van der Waals surface area (Å²) in [6.45, 7) is 1.27. The van der Waals surface area contributed by atoms with E-state index >= 15 is 0 Å². The predicted molar refractivity (Wildman–Crippen MR) is 173 cm³/mol. The second kappa shape index (κ2) is 14.3. The molecule has 0 aliphatic carbocycles. The number of aromatic nitrogens is 2. The third-order valence-electron chi connectivity index (χ3n) is 6.54. The van der Waals surface area contributed by atoms with Crippen LogP contribution < -0.4 is 10.6 Å². The van der Waals surface area contributed by atoms with Crippen molar-refractivity contribution >= 4 is 50.6 Å². The van der Waals surface area contributed by atoms with Crippen LogP contribution in [-0.4, -0.2) is 48.0 Å². The first-order valence-electron chi connectivity index (χ1n) is 13.7. The Balaban J connectivity index is 1.35. The minimum atomic E-state index is -0.294. The van der Waals surface area contributed by atoms with Crippen LogP contribution in [-0.2, 0) is 16.1 Å². The van der Waals surface area contributed by atoms with E-state index in [0.29, 0.717) is 29.7 Å². The highest BCUT2D eigenvalue weighted by Gasteiger charge is 2.20. The normalized spacial score (nSPS) is 12.2. The van der Waals surface area contributed by atoms with Crippen LogP contribution in [0.1, 0.15) is 17.2 Å². The Kier molecular flexibility index (Phi) is 10.1. The Morgan fingerprint density at radius 3 is 2.60 bits per heavy atom. The monoisotopic (exact) mass is 615 g/mol. The minimum Gasteiger partial charge on any atom is -0.374 e. The maximum Gasteiger partial charge on any atom is 0.248 e. The van der Waals surface area contributed by atoms with Crippen molar-refractivity contribution in [2.75, 3.05) is 37.9 Å². The quantitative estimate of drug-likeness (QED) is 0.141. The molecule has 5 rings (SSSR count). The number of ether oxygens (including phenoxy) is 1. The summed E-state index contributed by atoms with van der Waals surface area (Å²) in [5.74, 6) is 0.111. The van der Waals surface area contributed by atoms with Crippen molar-refractivity contribution in [3.63, 3.8) is 0 Å². The molecule has 1 atom stereocenters. The zero-order valence-corrected chi connectivity index (χ0v) is 25.3. The molecule has 0 radical (unpaired) electrons. The molecule has 5 aromatic rings. The van der Waals surface area contributed by atoms with Crippen molar-refractivity contribution in [1.29, 1.82) is 0 Å². The molecule has 0 unspecified atom stereocenters. The van der Waals surface area contributed by atoms with E-state index < -0.39 is 0 Å². The maximum atomic E-state index is 13.6. The van der Waals surface area contributed by atoms with Gasteiger partial charge in [0.1, 0.15) is 22.8 Å². The average molecular weight is 616 g/mol. The van der Waals surface area contributed by atoms with Crippen molar-refractivity contribution in [1.82, 2.24) is 14.9 Å². The van der Waals surface area contributed by atoms with Crippen molar-refractivity contribution < 1.29 is 13.9 Å². The topological polar surface area (TPSA) is 79.4 Å². The molecule has 1 amide bonds. The summed E-state index contributed by atoms with van der Waals surface area (Å²) in [5, 5.41) is 7.65.